The number of hydrogen-bond acceptors (Lipinski definition) is 1. The van der Waals surface area contributed by atoms with Crippen LogP contribution in [0.2, 0.25) is 0 Å². The van der Waals surface area contributed by atoms with Gasteiger partial charge in [-0.2, -0.15) is 0 Å². The quantitative estimate of drug-likeness (QED) is 0.160. The van der Waals surface area contributed by atoms with Crippen molar-refractivity contribution in [2.24, 2.45) is 0 Å². The lowest BCUT2D eigenvalue weighted by molar-refractivity contribution is 0.669. The van der Waals surface area contributed by atoms with E-state index in [0.29, 0.717) is 0 Å². The minimum atomic E-state index is 0.891. The van der Waals surface area contributed by atoms with Gasteiger partial charge in [-0.25, -0.2) is 0 Å². The van der Waals surface area contributed by atoms with Crippen LogP contribution in [-0.4, -0.2) is 0 Å². The third-order valence-electron chi connectivity index (χ3n) is 16.9. The molecule has 0 fully saturated rings. The largest absolute Gasteiger partial charge is 0.456 e. The minimum absolute atomic E-state index is 0.891. The second kappa shape index (κ2) is 16.2. The Morgan fingerprint density at radius 2 is 0.481 bits per heavy atom. The highest BCUT2D eigenvalue weighted by Gasteiger charge is 2.18. The molecule has 1 aromatic heterocycles. The number of fused-ring (bicyclic) bond motifs is 19. The summed E-state index contributed by atoms with van der Waals surface area (Å²) in [7, 11) is 0. The molecular formula is C76H44O. The summed E-state index contributed by atoms with van der Waals surface area (Å²) in [5.41, 5.74) is 11.4. The Balaban J connectivity index is 0.734. The fourth-order valence-electron chi connectivity index (χ4n) is 13.2. The number of furan rings is 1. The van der Waals surface area contributed by atoms with Gasteiger partial charge in [0.1, 0.15) is 11.2 Å². The van der Waals surface area contributed by atoms with Gasteiger partial charge in [-0.05, 0) is 213 Å². The predicted molar refractivity (Wildman–Crippen MR) is 331 cm³/mol. The summed E-state index contributed by atoms with van der Waals surface area (Å²) in [5, 5.41) is 27.5. The maximum atomic E-state index is 6.50. The molecule has 0 bridgehead atoms. The first-order valence-corrected chi connectivity index (χ1v) is 26.7. The van der Waals surface area contributed by atoms with Crippen LogP contribution >= 0.6 is 0 Å². The van der Waals surface area contributed by atoms with Crippen molar-refractivity contribution in [3.63, 3.8) is 0 Å². The Morgan fingerprint density at radius 3 is 0.909 bits per heavy atom. The van der Waals surface area contributed by atoms with Crippen LogP contribution in [0.1, 0.15) is 0 Å². The highest BCUT2D eigenvalue weighted by atomic mass is 16.3. The third-order valence-corrected chi connectivity index (χ3v) is 16.9. The highest BCUT2D eigenvalue weighted by molar-refractivity contribution is 6.28. The molecule has 0 unspecified atom stereocenters. The average molecular weight is 973 g/mol. The maximum absolute atomic E-state index is 6.50. The lowest BCUT2D eigenvalue weighted by atomic mass is 9.87. The van der Waals surface area contributed by atoms with Gasteiger partial charge in [-0.3, -0.25) is 0 Å². The van der Waals surface area contributed by atoms with Crippen LogP contribution in [-0.2, 0) is 0 Å². The van der Waals surface area contributed by atoms with Gasteiger partial charge in [0.2, 0.25) is 0 Å². The third kappa shape index (κ3) is 6.48. The van der Waals surface area contributed by atoms with Crippen LogP contribution in [0.3, 0.4) is 0 Å². The van der Waals surface area contributed by atoms with E-state index < -0.39 is 0 Å². The summed E-state index contributed by atoms with van der Waals surface area (Å²) in [6.07, 6.45) is 0. The zero-order valence-corrected chi connectivity index (χ0v) is 41.8. The molecule has 1 heterocycles. The van der Waals surface area contributed by atoms with Gasteiger partial charge in [-0.15, -0.1) is 0 Å². The summed E-state index contributed by atoms with van der Waals surface area (Å²) in [6.45, 7) is 0. The topological polar surface area (TPSA) is 13.1 Å². The molecule has 0 spiro atoms. The monoisotopic (exact) mass is 972 g/mol. The lowest BCUT2D eigenvalue weighted by Crippen LogP contribution is -1.88. The first kappa shape index (κ1) is 42.3. The molecule has 0 amide bonds. The molecule has 0 radical (unpaired) electrons. The van der Waals surface area contributed by atoms with Crippen molar-refractivity contribution in [2.75, 3.05) is 0 Å². The van der Waals surface area contributed by atoms with Crippen molar-refractivity contribution in [1.29, 1.82) is 0 Å². The minimum Gasteiger partial charge on any atom is -0.456 e. The summed E-state index contributed by atoms with van der Waals surface area (Å²) in [5.74, 6) is 0. The van der Waals surface area contributed by atoms with Crippen LogP contribution in [0.15, 0.2) is 271 Å². The molecule has 1 heteroatoms. The second-order valence-electron chi connectivity index (χ2n) is 21.1. The first-order chi connectivity index (χ1) is 38.1. The maximum Gasteiger partial charge on any atom is 0.135 e. The molecule has 0 saturated heterocycles. The molecule has 0 saturated carbocycles. The van der Waals surface area contributed by atoms with Gasteiger partial charge in [0, 0.05) is 10.8 Å². The van der Waals surface area contributed by atoms with Crippen molar-refractivity contribution in [3.8, 4) is 44.5 Å². The molecule has 0 aliphatic heterocycles. The van der Waals surface area contributed by atoms with Crippen LogP contribution in [0.4, 0.5) is 0 Å². The van der Waals surface area contributed by atoms with E-state index >= 15 is 0 Å². The lowest BCUT2D eigenvalue weighted by Gasteiger charge is -2.16. The average Bonchev–Trinajstić information content (AvgIpc) is 3.94. The van der Waals surface area contributed by atoms with E-state index in [1.807, 2.05) is 0 Å². The molecular weight excluding hydrogens is 929 g/mol. The van der Waals surface area contributed by atoms with E-state index in [2.05, 4.69) is 267 Å². The molecule has 16 aromatic carbocycles. The van der Waals surface area contributed by atoms with Gasteiger partial charge in [0.25, 0.3) is 0 Å². The molecule has 0 aliphatic rings. The first-order valence-electron chi connectivity index (χ1n) is 26.7. The van der Waals surface area contributed by atoms with Crippen LogP contribution < -0.4 is 0 Å². The number of benzene rings is 16. The van der Waals surface area contributed by atoms with Crippen LogP contribution in [0, 0.1) is 0 Å². The van der Waals surface area contributed by atoms with Crippen LogP contribution in [0.25, 0.3) is 174 Å². The molecule has 0 atom stereocenters. The van der Waals surface area contributed by atoms with E-state index in [9.17, 15) is 0 Å². The van der Waals surface area contributed by atoms with Crippen molar-refractivity contribution >= 4 is 130 Å². The van der Waals surface area contributed by atoms with E-state index in [1.54, 1.807) is 0 Å². The molecule has 354 valence electrons. The zero-order chi connectivity index (χ0) is 50.3. The summed E-state index contributed by atoms with van der Waals surface area (Å²) in [4.78, 5) is 0. The smallest absolute Gasteiger partial charge is 0.135 e. The molecule has 77 heavy (non-hydrogen) atoms. The summed E-state index contributed by atoms with van der Waals surface area (Å²) >= 11 is 0. The number of rotatable bonds is 4. The Hall–Kier alpha value is -10.1. The SMILES string of the molecule is c1ccc2c(c1)ccc1c2cc(-c2ccc3cc(-c4ccc5oc6ccc(-c7ccc8cc(-c9cc%10c%11ccccc%11ccc%10c%10ccc%11ccccc%11c9%10)ccc8c7)cc6c5c4)ccc3c2)c2c3ccccc3ccc12. The second-order valence-corrected chi connectivity index (χ2v) is 21.1. The number of hydrogen-bond donors (Lipinski definition) is 0. The van der Waals surface area contributed by atoms with Gasteiger partial charge in [0.05, 0.1) is 0 Å². The molecule has 1 nitrogen and oxygen atoms in total. The Labute approximate surface area is 443 Å². The summed E-state index contributed by atoms with van der Waals surface area (Å²) < 4.78 is 6.50. The molecule has 17 rings (SSSR count). The van der Waals surface area contributed by atoms with E-state index in [4.69, 9.17) is 4.42 Å². The highest BCUT2D eigenvalue weighted by Crippen LogP contribution is 2.45. The molecule has 0 N–H and O–H groups in total. The van der Waals surface area contributed by atoms with Crippen molar-refractivity contribution in [1.82, 2.24) is 0 Å². The Kier molecular flexibility index (Phi) is 8.90. The normalized spacial score (nSPS) is 12.2. The van der Waals surface area contributed by atoms with Crippen molar-refractivity contribution in [2.45, 2.75) is 0 Å². The Bertz CT molecular complexity index is 5070. The van der Waals surface area contributed by atoms with E-state index in [0.717, 1.165) is 33.1 Å². The van der Waals surface area contributed by atoms with Crippen LogP contribution in [0.5, 0.6) is 0 Å². The molecule has 0 aliphatic carbocycles. The fourth-order valence-corrected chi connectivity index (χ4v) is 13.2. The van der Waals surface area contributed by atoms with Gasteiger partial charge in [0.15, 0.2) is 0 Å². The van der Waals surface area contributed by atoms with E-state index in [1.165, 1.54) is 141 Å². The van der Waals surface area contributed by atoms with Gasteiger partial charge >= 0.3 is 0 Å². The summed E-state index contributed by atoms with van der Waals surface area (Å²) in [6, 6.07) is 99.4. The molecule has 17 aromatic rings. The van der Waals surface area contributed by atoms with Gasteiger partial charge < -0.3 is 4.42 Å². The van der Waals surface area contributed by atoms with E-state index in [-0.39, 0.29) is 0 Å². The zero-order valence-electron chi connectivity index (χ0n) is 41.8. The Morgan fingerprint density at radius 1 is 0.169 bits per heavy atom. The van der Waals surface area contributed by atoms with Gasteiger partial charge in [-0.1, -0.05) is 206 Å². The predicted octanol–water partition coefficient (Wildman–Crippen LogP) is 21.8. The van der Waals surface area contributed by atoms with Crippen molar-refractivity contribution in [3.05, 3.63) is 267 Å². The van der Waals surface area contributed by atoms with Crippen molar-refractivity contribution < 1.29 is 4.42 Å². The standard InChI is InChI=1S/C76H44O/c1-5-13-59-45(9-1)25-31-63-65-33-27-47-11-3-7-15-61(47)75(65)67(43-69(59)63)57-23-21-49-37-51(17-19-53(49)39-57)55-29-35-73-71(41-55)72-42-56(30-36-74(72)77-73)52-18-20-54-40-58(24-22-50(54)38-52)68-44-70-60-14-6-2-10-46(60)26-32-64(70)66-34-28-48-12-4-8-16-62(48)76(66)68/h1-44H. The fraction of sp³-hybridized carbons (Fsp3) is 0.